The van der Waals surface area contributed by atoms with Crippen LogP contribution < -0.4 is 0 Å². The van der Waals surface area contributed by atoms with Gasteiger partial charge in [-0.15, -0.1) is 0 Å². The summed E-state index contributed by atoms with van der Waals surface area (Å²) in [5.41, 5.74) is 0. The second kappa shape index (κ2) is 3.97. The van der Waals surface area contributed by atoms with Crippen LogP contribution in [0.2, 0.25) is 0 Å². The third kappa shape index (κ3) is 2.96. The van der Waals surface area contributed by atoms with Crippen molar-refractivity contribution in [3.63, 3.8) is 0 Å². The molecule has 0 aliphatic heterocycles. The van der Waals surface area contributed by atoms with Crippen molar-refractivity contribution in [1.82, 2.24) is 0 Å². The van der Waals surface area contributed by atoms with Crippen molar-refractivity contribution in [1.29, 1.82) is 0 Å². The molecule has 2 unspecified atom stereocenters. The molecule has 13 heavy (non-hydrogen) atoms. The Morgan fingerprint density at radius 1 is 1.08 bits per heavy atom. The summed E-state index contributed by atoms with van der Waals surface area (Å²) in [7, 11) is 0. The van der Waals surface area contributed by atoms with Crippen LogP contribution in [0, 0.1) is 0 Å². The van der Waals surface area contributed by atoms with Crippen LogP contribution >= 0.6 is 0 Å². The Morgan fingerprint density at radius 2 is 1.62 bits per heavy atom. The van der Waals surface area contributed by atoms with E-state index in [-0.39, 0.29) is 6.10 Å². The fraction of sp³-hybridized carbons (Fsp3) is 1.00. The molecule has 0 heterocycles. The lowest BCUT2D eigenvalue weighted by Gasteiger charge is -2.23. The number of rotatable bonds is 6. The summed E-state index contributed by atoms with van der Waals surface area (Å²) in [4.78, 5) is 0. The second-order valence-corrected chi connectivity index (χ2v) is 4.32. The summed E-state index contributed by atoms with van der Waals surface area (Å²) >= 11 is 0. The van der Waals surface area contributed by atoms with Gasteiger partial charge in [0.2, 0.25) is 0 Å². The Morgan fingerprint density at radius 3 is 2.08 bits per heavy atom. The van der Waals surface area contributed by atoms with Gasteiger partial charge in [0, 0.05) is 0 Å². The maximum Gasteiger partial charge on any atom is 0.0835 e. The van der Waals surface area contributed by atoms with Crippen LogP contribution in [0.15, 0.2) is 0 Å². The highest BCUT2D eigenvalue weighted by molar-refractivity contribution is 4.80. The van der Waals surface area contributed by atoms with Crippen molar-refractivity contribution in [2.24, 2.45) is 0 Å². The third-order valence-electron chi connectivity index (χ3n) is 2.75. The first-order valence-corrected chi connectivity index (χ1v) is 5.60. The molecule has 2 heteroatoms. The number of ether oxygens (including phenoxy) is 2. The van der Waals surface area contributed by atoms with Crippen molar-refractivity contribution in [2.45, 2.75) is 70.4 Å². The second-order valence-electron chi connectivity index (χ2n) is 4.32. The minimum Gasteiger partial charge on any atom is -0.373 e. The van der Waals surface area contributed by atoms with Gasteiger partial charge in [0.15, 0.2) is 0 Å². The normalized spacial score (nSPS) is 27.2. The van der Waals surface area contributed by atoms with Crippen molar-refractivity contribution >= 4 is 0 Å². The van der Waals surface area contributed by atoms with Crippen LogP contribution in [0.3, 0.4) is 0 Å². The molecular formula is C11H20O2. The van der Waals surface area contributed by atoms with Gasteiger partial charge >= 0.3 is 0 Å². The molecule has 0 spiro atoms. The van der Waals surface area contributed by atoms with Crippen LogP contribution in [0.25, 0.3) is 0 Å². The average molecular weight is 184 g/mol. The predicted octanol–water partition coefficient (Wildman–Crippen LogP) is 2.51. The van der Waals surface area contributed by atoms with Gasteiger partial charge in [0.1, 0.15) is 0 Å². The highest BCUT2D eigenvalue weighted by Crippen LogP contribution is 2.30. The average Bonchev–Trinajstić information content (AvgIpc) is 2.94. The Kier molecular flexibility index (Phi) is 2.89. The van der Waals surface area contributed by atoms with Crippen LogP contribution in [-0.4, -0.2) is 24.4 Å². The summed E-state index contributed by atoms with van der Waals surface area (Å²) in [6, 6.07) is 0. The van der Waals surface area contributed by atoms with Gasteiger partial charge in [-0.1, -0.05) is 6.92 Å². The van der Waals surface area contributed by atoms with E-state index >= 15 is 0 Å². The zero-order valence-electron chi connectivity index (χ0n) is 8.66. The SMILES string of the molecule is CCC(OC1CC1)C(C)OC1CC1. The first-order chi connectivity index (χ1) is 6.29. The Labute approximate surface area is 80.6 Å². The summed E-state index contributed by atoms with van der Waals surface area (Å²) in [6.07, 6.45) is 7.81. The fourth-order valence-electron chi connectivity index (χ4n) is 1.59. The van der Waals surface area contributed by atoms with Gasteiger partial charge in [-0.2, -0.15) is 0 Å². The Hall–Kier alpha value is -0.0800. The fourth-order valence-corrected chi connectivity index (χ4v) is 1.59. The molecule has 2 saturated carbocycles. The van der Waals surface area contributed by atoms with Gasteiger partial charge < -0.3 is 9.47 Å². The van der Waals surface area contributed by atoms with E-state index in [1.54, 1.807) is 0 Å². The van der Waals surface area contributed by atoms with E-state index in [1.807, 2.05) is 0 Å². The van der Waals surface area contributed by atoms with Gasteiger partial charge in [0.05, 0.1) is 24.4 Å². The molecule has 2 fully saturated rings. The molecule has 0 radical (unpaired) electrons. The molecule has 2 rings (SSSR count). The smallest absolute Gasteiger partial charge is 0.0835 e. The molecule has 0 aromatic heterocycles. The first-order valence-electron chi connectivity index (χ1n) is 5.60. The third-order valence-corrected chi connectivity index (χ3v) is 2.75. The molecular weight excluding hydrogens is 164 g/mol. The monoisotopic (exact) mass is 184 g/mol. The van der Waals surface area contributed by atoms with E-state index in [0.29, 0.717) is 18.3 Å². The molecule has 76 valence electrons. The largest absolute Gasteiger partial charge is 0.373 e. The van der Waals surface area contributed by atoms with Crippen molar-refractivity contribution in [3.8, 4) is 0 Å². The zero-order valence-corrected chi connectivity index (χ0v) is 8.66. The predicted molar refractivity (Wildman–Crippen MR) is 51.8 cm³/mol. The van der Waals surface area contributed by atoms with Crippen molar-refractivity contribution < 1.29 is 9.47 Å². The molecule has 2 aliphatic carbocycles. The minimum absolute atomic E-state index is 0.290. The summed E-state index contributed by atoms with van der Waals surface area (Å²) in [6.45, 7) is 4.33. The van der Waals surface area contributed by atoms with Crippen LogP contribution in [0.5, 0.6) is 0 Å². The van der Waals surface area contributed by atoms with Crippen molar-refractivity contribution in [3.05, 3.63) is 0 Å². The van der Waals surface area contributed by atoms with Crippen LogP contribution in [0.1, 0.15) is 46.0 Å². The topological polar surface area (TPSA) is 18.5 Å². The highest BCUT2D eigenvalue weighted by atomic mass is 16.6. The van der Waals surface area contributed by atoms with Gasteiger partial charge in [-0.3, -0.25) is 0 Å². The van der Waals surface area contributed by atoms with E-state index in [2.05, 4.69) is 13.8 Å². The molecule has 0 saturated heterocycles. The van der Waals surface area contributed by atoms with E-state index in [9.17, 15) is 0 Å². The maximum atomic E-state index is 5.88. The lowest BCUT2D eigenvalue weighted by Crippen LogP contribution is -2.29. The molecule has 2 atom stereocenters. The minimum atomic E-state index is 0.290. The van der Waals surface area contributed by atoms with Crippen LogP contribution in [0.4, 0.5) is 0 Å². The molecule has 0 aromatic rings. The first kappa shape index (κ1) is 9.47. The van der Waals surface area contributed by atoms with E-state index in [1.165, 1.54) is 25.7 Å². The molecule has 0 bridgehead atoms. The standard InChI is InChI=1S/C11H20O2/c1-3-11(13-10-6-7-10)8(2)12-9-4-5-9/h8-11H,3-7H2,1-2H3. The molecule has 2 aliphatic rings. The summed E-state index contributed by atoms with van der Waals surface area (Å²) in [5.74, 6) is 0. The van der Waals surface area contributed by atoms with Crippen LogP contribution in [-0.2, 0) is 9.47 Å². The van der Waals surface area contributed by atoms with Gasteiger partial charge in [-0.05, 0) is 39.0 Å². The highest BCUT2D eigenvalue weighted by Gasteiger charge is 2.31. The van der Waals surface area contributed by atoms with Crippen molar-refractivity contribution in [2.75, 3.05) is 0 Å². The lowest BCUT2D eigenvalue weighted by atomic mass is 10.2. The molecule has 2 nitrogen and oxygen atoms in total. The van der Waals surface area contributed by atoms with Gasteiger partial charge in [-0.25, -0.2) is 0 Å². The van der Waals surface area contributed by atoms with Gasteiger partial charge in [0.25, 0.3) is 0 Å². The molecule has 0 aromatic carbocycles. The quantitative estimate of drug-likeness (QED) is 0.631. The van der Waals surface area contributed by atoms with E-state index in [4.69, 9.17) is 9.47 Å². The molecule has 0 amide bonds. The molecule has 0 N–H and O–H groups in total. The maximum absolute atomic E-state index is 5.88. The number of hydrogen-bond donors (Lipinski definition) is 0. The summed E-state index contributed by atoms with van der Waals surface area (Å²) in [5, 5.41) is 0. The zero-order chi connectivity index (χ0) is 9.26. The van der Waals surface area contributed by atoms with E-state index < -0.39 is 0 Å². The summed E-state index contributed by atoms with van der Waals surface area (Å²) < 4.78 is 11.7. The Balaban J connectivity index is 1.71. The Bertz CT molecular complexity index is 161. The number of hydrogen-bond acceptors (Lipinski definition) is 2. The van der Waals surface area contributed by atoms with E-state index in [0.717, 1.165) is 6.42 Å². The lowest BCUT2D eigenvalue weighted by molar-refractivity contribution is -0.0784.